The van der Waals surface area contributed by atoms with Crippen molar-refractivity contribution >= 4 is 26.0 Å². The van der Waals surface area contributed by atoms with Gasteiger partial charge in [-0.25, -0.2) is 8.42 Å². The van der Waals surface area contributed by atoms with Gasteiger partial charge in [0.25, 0.3) is 0 Å². The summed E-state index contributed by atoms with van der Waals surface area (Å²) in [5.74, 6) is 0.819. The van der Waals surface area contributed by atoms with Crippen LogP contribution in [0.2, 0.25) is 0 Å². The first-order chi connectivity index (χ1) is 11.8. The van der Waals surface area contributed by atoms with Crippen LogP contribution in [0.25, 0.3) is 0 Å². The van der Waals surface area contributed by atoms with E-state index < -0.39 is 16.1 Å². The topological polar surface area (TPSA) is 85.5 Å². The van der Waals surface area contributed by atoms with E-state index in [1.165, 1.54) is 11.4 Å². The quantitative estimate of drug-likeness (QED) is 0.636. The summed E-state index contributed by atoms with van der Waals surface area (Å²) in [6.07, 6.45) is 0. The molecule has 0 radical (unpaired) electrons. The second-order valence-electron chi connectivity index (χ2n) is 5.87. The maximum absolute atomic E-state index is 13.1. The molecule has 0 N–H and O–H groups in total. The van der Waals surface area contributed by atoms with E-state index in [0.29, 0.717) is 5.89 Å². The van der Waals surface area contributed by atoms with E-state index in [1.54, 1.807) is 31.2 Å². The van der Waals surface area contributed by atoms with E-state index in [4.69, 9.17) is 9.15 Å². The molecule has 0 spiro atoms. The summed E-state index contributed by atoms with van der Waals surface area (Å²) in [4.78, 5) is 0.197. The van der Waals surface area contributed by atoms with Gasteiger partial charge in [-0.2, -0.15) is 4.31 Å². The molecule has 0 saturated carbocycles. The first kappa shape index (κ1) is 20.0. The third-order valence-electron chi connectivity index (χ3n) is 3.68. The van der Waals surface area contributed by atoms with Crippen molar-refractivity contribution in [3.63, 3.8) is 0 Å². The zero-order valence-corrected chi connectivity index (χ0v) is 17.0. The maximum atomic E-state index is 13.1. The van der Waals surface area contributed by atoms with Gasteiger partial charge in [0.05, 0.1) is 11.5 Å². The molecule has 138 valence electrons. The third-order valence-corrected chi connectivity index (χ3v) is 6.19. The van der Waals surface area contributed by atoms with Crippen molar-refractivity contribution in [1.29, 1.82) is 0 Å². The minimum Gasteiger partial charge on any atom is -0.423 e. The fourth-order valence-corrected chi connectivity index (χ4v) is 4.05. The molecular formula is C16H22BrN3O4S. The molecule has 0 bridgehead atoms. The lowest BCUT2D eigenvalue weighted by atomic mass is 10.2. The lowest BCUT2D eigenvalue weighted by molar-refractivity contribution is 0.162. The molecule has 0 aliphatic carbocycles. The molecule has 1 atom stereocenters. The Morgan fingerprint density at radius 3 is 2.28 bits per heavy atom. The minimum atomic E-state index is -3.74. The normalized spacial score (nSPS) is 13.6. The van der Waals surface area contributed by atoms with E-state index in [2.05, 4.69) is 26.1 Å². The Balaban J connectivity index is 2.37. The van der Waals surface area contributed by atoms with Crippen LogP contribution >= 0.6 is 15.9 Å². The predicted molar refractivity (Wildman–Crippen MR) is 96.7 cm³/mol. The molecule has 0 unspecified atom stereocenters. The van der Waals surface area contributed by atoms with Gasteiger partial charge in [-0.1, -0.05) is 29.8 Å². The number of hydrogen-bond donors (Lipinski definition) is 0. The lowest BCUT2D eigenvalue weighted by Gasteiger charge is -2.26. The van der Waals surface area contributed by atoms with Gasteiger partial charge < -0.3 is 9.15 Å². The number of ether oxygens (including phenoxy) is 1. The molecule has 7 nitrogen and oxygen atoms in total. The van der Waals surface area contributed by atoms with Crippen molar-refractivity contribution < 1.29 is 17.6 Å². The van der Waals surface area contributed by atoms with Crippen LogP contribution in [0.1, 0.15) is 44.5 Å². The highest BCUT2D eigenvalue weighted by Gasteiger charge is 2.32. The Morgan fingerprint density at radius 1 is 1.16 bits per heavy atom. The Morgan fingerprint density at radius 2 is 1.76 bits per heavy atom. The zero-order chi connectivity index (χ0) is 18.6. The van der Waals surface area contributed by atoms with E-state index in [1.807, 2.05) is 13.8 Å². The molecule has 1 aromatic carbocycles. The largest absolute Gasteiger partial charge is 0.423 e. The number of sulfonamides is 1. The molecule has 1 heterocycles. The molecule has 0 saturated heterocycles. The van der Waals surface area contributed by atoms with Gasteiger partial charge in [-0.3, -0.25) is 0 Å². The molecule has 2 aromatic rings. The first-order valence-corrected chi connectivity index (χ1v) is 10.1. The average molecular weight is 432 g/mol. The number of hydrogen-bond acceptors (Lipinski definition) is 6. The van der Waals surface area contributed by atoms with Crippen molar-refractivity contribution in [1.82, 2.24) is 14.5 Å². The highest BCUT2D eigenvalue weighted by atomic mass is 79.9. The molecule has 0 amide bonds. The van der Waals surface area contributed by atoms with Gasteiger partial charge in [-0.05, 0) is 31.2 Å². The molecule has 25 heavy (non-hydrogen) atoms. The van der Waals surface area contributed by atoms with Crippen LogP contribution in [0.5, 0.6) is 0 Å². The van der Waals surface area contributed by atoms with E-state index in [0.717, 1.165) is 4.47 Å². The Labute approximate surface area is 156 Å². The van der Waals surface area contributed by atoms with E-state index >= 15 is 0 Å². The van der Waals surface area contributed by atoms with E-state index in [-0.39, 0.29) is 29.9 Å². The molecule has 0 aliphatic rings. The first-order valence-electron chi connectivity index (χ1n) is 7.87. The Kier molecular flexibility index (Phi) is 6.72. The van der Waals surface area contributed by atoms with Crippen molar-refractivity contribution in [2.75, 3.05) is 20.3 Å². The SMILES string of the molecule is COCCN([C@@H](C)c1nnc(C(C)C)o1)S(=O)(=O)c1ccc(Br)cc1. The summed E-state index contributed by atoms with van der Waals surface area (Å²) in [5, 5.41) is 8.01. The van der Waals surface area contributed by atoms with Crippen LogP contribution in [0.15, 0.2) is 38.1 Å². The average Bonchev–Trinajstić information content (AvgIpc) is 3.05. The fourth-order valence-electron chi connectivity index (χ4n) is 2.22. The Hall–Kier alpha value is -1.29. The number of nitrogens with zero attached hydrogens (tertiary/aromatic N) is 3. The van der Waals surface area contributed by atoms with E-state index in [9.17, 15) is 8.42 Å². The van der Waals surface area contributed by atoms with Crippen LogP contribution in [0, 0.1) is 0 Å². The van der Waals surface area contributed by atoms with Gasteiger partial charge >= 0.3 is 0 Å². The van der Waals surface area contributed by atoms with Crippen molar-refractivity contribution in [3.8, 4) is 0 Å². The summed E-state index contributed by atoms with van der Waals surface area (Å²) in [6, 6.07) is 5.88. The van der Waals surface area contributed by atoms with Gasteiger partial charge in [-0.15, -0.1) is 10.2 Å². The second kappa shape index (κ2) is 8.39. The van der Waals surface area contributed by atoms with Crippen LogP contribution in [0.3, 0.4) is 0 Å². The summed E-state index contributed by atoms with van der Waals surface area (Å²) in [7, 11) is -2.22. The number of rotatable bonds is 8. The monoisotopic (exact) mass is 431 g/mol. The summed E-state index contributed by atoms with van der Waals surface area (Å²) in [5.41, 5.74) is 0. The minimum absolute atomic E-state index is 0.0731. The standard InChI is InChI=1S/C16H22BrN3O4S/c1-11(2)15-18-19-16(24-15)12(3)20(9-10-23-4)25(21,22)14-7-5-13(17)6-8-14/h5-8,11-12H,9-10H2,1-4H3/t12-/m0/s1. The van der Waals surface area contributed by atoms with Gasteiger partial charge in [0.2, 0.25) is 21.8 Å². The molecule has 2 rings (SSSR count). The number of benzene rings is 1. The van der Waals surface area contributed by atoms with Gasteiger partial charge in [0.1, 0.15) is 6.04 Å². The predicted octanol–water partition coefficient (Wildman–Crippen LogP) is 3.35. The highest BCUT2D eigenvalue weighted by molar-refractivity contribution is 9.10. The smallest absolute Gasteiger partial charge is 0.243 e. The van der Waals surface area contributed by atoms with Crippen LogP contribution in [-0.2, 0) is 14.8 Å². The highest BCUT2D eigenvalue weighted by Crippen LogP contribution is 2.28. The third kappa shape index (κ3) is 4.66. The zero-order valence-electron chi connectivity index (χ0n) is 14.6. The molecule has 9 heteroatoms. The maximum Gasteiger partial charge on any atom is 0.243 e. The molecular weight excluding hydrogens is 410 g/mol. The van der Waals surface area contributed by atoms with Gasteiger partial charge in [0.15, 0.2) is 0 Å². The van der Waals surface area contributed by atoms with Crippen LogP contribution in [0.4, 0.5) is 0 Å². The number of aromatic nitrogens is 2. The van der Waals surface area contributed by atoms with Crippen molar-refractivity contribution in [2.45, 2.75) is 37.6 Å². The van der Waals surface area contributed by atoms with Gasteiger partial charge in [0, 0.05) is 24.0 Å². The van der Waals surface area contributed by atoms with Crippen LogP contribution in [-0.4, -0.2) is 43.2 Å². The number of halogens is 1. The Bertz CT molecular complexity index is 790. The van der Waals surface area contributed by atoms with Crippen molar-refractivity contribution in [3.05, 3.63) is 40.5 Å². The fraction of sp³-hybridized carbons (Fsp3) is 0.500. The summed E-state index contributed by atoms with van der Waals surface area (Å²) in [6.45, 7) is 6.02. The second-order valence-corrected chi connectivity index (χ2v) is 8.68. The van der Waals surface area contributed by atoms with Crippen LogP contribution < -0.4 is 0 Å². The lowest BCUT2D eigenvalue weighted by Crippen LogP contribution is -2.36. The molecule has 0 aliphatic heterocycles. The summed E-state index contributed by atoms with van der Waals surface area (Å²) >= 11 is 3.31. The molecule has 1 aromatic heterocycles. The molecule has 0 fully saturated rings. The summed E-state index contributed by atoms with van der Waals surface area (Å²) < 4.78 is 39.0. The van der Waals surface area contributed by atoms with Crippen molar-refractivity contribution in [2.24, 2.45) is 0 Å². The number of methoxy groups -OCH3 is 1.